The van der Waals surface area contributed by atoms with E-state index in [-0.39, 0.29) is 11.7 Å². The molecule has 1 saturated carbocycles. The molecular formula is C19H22N2O3S2. The van der Waals surface area contributed by atoms with Crippen molar-refractivity contribution < 1.29 is 13.2 Å². The number of thioether (sulfide) groups is 1. The second kappa shape index (κ2) is 8.68. The number of benzene rings is 1. The lowest BCUT2D eigenvalue weighted by Gasteiger charge is -2.25. The molecule has 1 aliphatic carbocycles. The van der Waals surface area contributed by atoms with Crippen LogP contribution in [0.1, 0.15) is 29.6 Å². The molecule has 0 atom stereocenters. The van der Waals surface area contributed by atoms with Crippen molar-refractivity contribution >= 4 is 27.5 Å². The summed E-state index contributed by atoms with van der Waals surface area (Å²) >= 11 is 1.30. The van der Waals surface area contributed by atoms with E-state index < -0.39 is 9.84 Å². The minimum absolute atomic E-state index is 0.00138. The highest BCUT2D eigenvalue weighted by Crippen LogP contribution is 2.26. The van der Waals surface area contributed by atoms with Crippen molar-refractivity contribution in [2.24, 2.45) is 5.92 Å². The van der Waals surface area contributed by atoms with Crippen LogP contribution in [0.2, 0.25) is 0 Å². The van der Waals surface area contributed by atoms with Crippen LogP contribution in [0.3, 0.4) is 0 Å². The second-order valence-electron chi connectivity index (χ2n) is 6.34. The monoisotopic (exact) mass is 390 g/mol. The number of sulfone groups is 1. The zero-order valence-corrected chi connectivity index (χ0v) is 16.1. The third kappa shape index (κ3) is 4.86. The SMILES string of the molecule is O=C(NCC1CCC1)c1cccnc1SCCS(=O)(=O)c1ccccc1. The molecule has 0 saturated heterocycles. The van der Waals surface area contributed by atoms with Crippen LogP contribution in [0.5, 0.6) is 0 Å². The Kier molecular flexibility index (Phi) is 6.32. The van der Waals surface area contributed by atoms with Gasteiger partial charge in [0.2, 0.25) is 0 Å². The van der Waals surface area contributed by atoms with E-state index in [1.54, 1.807) is 48.7 Å². The summed E-state index contributed by atoms with van der Waals surface area (Å²) in [5, 5.41) is 3.53. The van der Waals surface area contributed by atoms with Crippen molar-refractivity contribution in [3.05, 3.63) is 54.2 Å². The molecule has 2 aromatic rings. The molecule has 0 radical (unpaired) electrons. The first-order valence-corrected chi connectivity index (χ1v) is 11.3. The number of hydrogen-bond acceptors (Lipinski definition) is 5. The Hall–Kier alpha value is -1.86. The molecule has 0 spiro atoms. The van der Waals surface area contributed by atoms with Gasteiger partial charge in [0.1, 0.15) is 5.03 Å². The van der Waals surface area contributed by atoms with E-state index in [0.29, 0.717) is 33.7 Å². The van der Waals surface area contributed by atoms with Crippen LogP contribution < -0.4 is 5.32 Å². The van der Waals surface area contributed by atoms with E-state index >= 15 is 0 Å². The normalized spacial score (nSPS) is 14.6. The van der Waals surface area contributed by atoms with Crippen LogP contribution in [0.25, 0.3) is 0 Å². The summed E-state index contributed by atoms with van der Waals surface area (Å²) in [7, 11) is -3.33. The van der Waals surface area contributed by atoms with E-state index in [1.807, 2.05) is 0 Å². The number of nitrogens with zero attached hydrogens (tertiary/aromatic N) is 1. The van der Waals surface area contributed by atoms with Crippen LogP contribution in [-0.4, -0.2) is 37.4 Å². The topological polar surface area (TPSA) is 76.1 Å². The van der Waals surface area contributed by atoms with Gasteiger partial charge < -0.3 is 5.32 Å². The van der Waals surface area contributed by atoms with Gasteiger partial charge in [0.25, 0.3) is 5.91 Å². The molecule has 0 bridgehead atoms. The van der Waals surface area contributed by atoms with Crippen LogP contribution in [-0.2, 0) is 9.84 Å². The van der Waals surface area contributed by atoms with Crippen molar-refractivity contribution in [1.82, 2.24) is 10.3 Å². The van der Waals surface area contributed by atoms with Crippen molar-refractivity contribution in [2.45, 2.75) is 29.2 Å². The number of nitrogens with one attached hydrogen (secondary N) is 1. The Morgan fingerprint density at radius 3 is 2.62 bits per heavy atom. The van der Waals surface area contributed by atoms with E-state index in [1.165, 1.54) is 31.0 Å². The van der Waals surface area contributed by atoms with Gasteiger partial charge in [-0.3, -0.25) is 4.79 Å². The van der Waals surface area contributed by atoms with Gasteiger partial charge >= 0.3 is 0 Å². The molecule has 1 aromatic heterocycles. The Balaban J connectivity index is 1.58. The van der Waals surface area contributed by atoms with E-state index in [9.17, 15) is 13.2 Å². The van der Waals surface area contributed by atoms with Crippen molar-refractivity contribution in [3.8, 4) is 0 Å². The van der Waals surface area contributed by atoms with Crippen molar-refractivity contribution in [1.29, 1.82) is 0 Å². The second-order valence-corrected chi connectivity index (χ2v) is 9.54. The van der Waals surface area contributed by atoms with E-state index in [0.717, 1.165) is 0 Å². The minimum atomic E-state index is -3.33. The van der Waals surface area contributed by atoms with Crippen LogP contribution >= 0.6 is 11.8 Å². The van der Waals surface area contributed by atoms with E-state index in [4.69, 9.17) is 0 Å². The Bertz CT molecular complexity index is 850. The molecule has 7 heteroatoms. The maximum atomic E-state index is 12.4. The average Bonchev–Trinajstić information content (AvgIpc) is 2.61. The van der Waals surface area contributed by atoms with Crippen molar-refractivity contribution in [2.75, 3.05) is 18.1 Å². The van der Waals surface area contributed by atoms with Gasteiger partial charge in [-0.25, -0.2) is 13.4 Å². The molecule has 1 aliphatic rings. The molecule has 3 rings (SSSR count). The number of aromatic nitrogens is 1. The molecule has 26 heavy (non-hydrogen) atoms. The standard InChI is InChI=1S/C19H22N2O3S2/c22-18(21-14-15-6-4-7-15)17-10-5-11-20-19(17)25-12-13-26(23,24)16-8-2-1-3-9-16/h1-3,5,8-11,15H,4,6-7,12-14H2,(H,21,22). The fraction of sp³-hybridized carbons (Fsp3) is 0.368. The Morgan fingerprint density at radius 1 is 1.15 bits per heavy atom. The van der Waals surface area contributed by atoms with Gasteiger partial charge in [-0.1, -0.05) is 24.6 Å². The smallest absolute Gasteiger partial charge is 0.254 e. The summed E-state index contributed by atoms with van der Waals surface area (Å²) in [5.74, 6) is 0.791. The lowest BCUT2D eigenvalue weighted by Crippen LogP contribution is -2.32. The van der Waals surface area contributed by atoms with Gasteiger partial charge in [-0.05, 0) is 43.0 Å². The first kappa shape index (κ1) is 18.9. The highest BCUT2D eigenvalue weighted by molar-refractivity contribution is 8.00. The zero-order valence-electron chi connectivity index (χ0n) is 14.4. The van der Waals surface area contributed by atoms with Gasteiger partial charge in [-0.15, -0.1) is 11.8 Å². The van der Waals surface area contributed by atoms with E-state index in [2.05, 4.69) is 10.3 Å². The van der Waals surface area contributed by atoms with Crippen molar-refractivity contribution in [3.63, 3.8) is 0 Å². The molecule has 1 fully saturated rings. The average molecular weight is 391 g/mol. The van der Waals surface area contributed by atoms with Crippen LogP contribution in [0.4, 0.5) is 0 Å². The Morgan fingerprint density at radius 2 is 1.92 bits per heavy atom. The number of amides is 1. The highest BCUT2D eigenvalue weighted by atomic mass is 32.2. The first-order valence-electron chi connectivity index (χ1n) is 8.70. The summed E-state index contributed by atoms with van der Waals surface area (Å²) in [6.45, 7) is 0.695. The fourth-order valence-electron chi connectivity index (χ4n) is 2.70. The van der Waals surface area contributed by atoms with Crippen LogP contribution in [0.15, 0.2) is 58.6 Å². The summed E-state index contributed by atoms with van der Waals surface area (Å²) < 4.78 is 24.7. The first-order chi connectivity index (χ1) is 12.6. The number of carbonyl (C=O) groups excluding carboxylic acids is 1. The molecule has 0 aliphatic heterocycles. The molecule has 1 N–H and O–H groups in total. The quantitative estimate of drug-likeness (QED) is 0.701. The molecule has 1 aromatic carbocycles. The minimum Gasteiger partial charge on any atom is -0.352 e. The third-order valence-electron chi connectivity index (χ3n) is 4.48. The lowest BCUT2D eigenvalue weighted by atomic mass is 9.85. The summed E-state index contributed by atoms with van der Waals surface area (Å²) in [6.07, 6.45) is 5.21. The molecular weight excluding hydrogens is 368 g/mol. The number of rotatable bonds is 8. The number of hydrogen-bond donors (Lipinski definition) is 1. The summed E-state index contributed by atoms with van der Waals surface area (Å²) in [4.78, 5) is 17.0. The van der Waals surface area contributed by atoms with Gasteiger partial charge in [0.05, 0.1) is 16.2 Å². The zero-order chi connectivity index (χ0) is 18.4. The maximum absolute atomic E-state index is 12.4. The van der Waals surface area contributed by atoms with Gasteiger partial charge in [0, 0.05) is 18.5 Å². The summed E-state index contributed by atoms with van der Waals surface area (Å²) in [5.41, 5.74) is 0.508. The lowest BCUT2D eigenvalue weighted by molar-refractivity contribution is 0.0935. The predicted octanol–water partition coefficient (Wildman–Crippen LogP) is 3.18. The molecule has 1 amide bonds. The van der Waals surface area contributed by atoms with Gasteiger partial charge in [-0.2, -0.15) is 0 Å². The highest BCUT2D eigenvalue weighted by Gasteiger charge is 2.20. The predicted molar refractivity (Wildman–Crippen MR) is 103 cm³/mol. The molecule has 1 heterocycles. The summed E-state index contributed by atoms with van der Waals surface area (Å²) in [6, 6.07) is 11.9. The molecule has 138 valence electrons. The third-order valence-corrected chi connectivity index (χ3v) is 7.48. The Labute approximate surface area is 158 Å². The number of pyridine rings is 1. The largest absolute Gasteiger partial charge is 0.352 e. The molecule has 5 nitrogen and oxygen atoms in total. The molecule has 0 unspecified atom stereocenters. The van der Waals surface area contributed by atoms with Crippen LogP contribution in [0, 0.1) is 5.92 Å². The van der Waals surface area contributed by atoms with Gasteiger partial charge in [0.15, 0.2) is 9.84 Å². The number of carbonyl (C=O) groups is 1. The fourth-order valence-corrected chi connectivity index (χ4v) is 5.37. The maximum Gasteiger partial charge on any atom is 0.254 e.